The maximum absolute atomic E-state index is 12.4. The van der Waals surface area contributed by atoms with Crippen LogP contribution in [-0.2, 0) is 4.79 Å². The number of aliphatic hydroxyl groups excluding tert-OH is 1. The fourth-order valence-electron chi connectivity index (χ4n) is 3.05. The molecule has 2 aliphatic rings. The molecule has 2 rings (SSSR count). The minimum absolute atomic E-state index is 0.107. The van der Waals surface area contributed by atoms with Crippen molar-refractivity contribution >= 4 is 5.91 Å². The molecular formula is C14H27N3O2. The van der Waals surface area contributed by atoms with Gasteiger partial charge in [-0.2, -0.15) is 0 Å². The van der Waals surface area contributed by atoms with Gasteiger partial charge in [0.2, 0.25) is 5.91 Å². The number of hydrogen-bond acceptors (Lipinski definition) is 4. The number of nitrogens with one attached hydrogen (secondary N) is 2. The Morgan fingerprint density at radius 3 is 2.63 bits per heavy atom. The number of hydrogen-bond donors (Lipinski definition) is 3. The molecule has 2 fully saturated rings. The molecule has 2 unspecified atom stereocenters. The summed E-state index contributed by atoms with van der Waals surface area (Å²) in [4.78, 5) is 14.6. The summed E-state index contributed by atoms with van der Waals surface area (Å²) in [6.07, 6.45) is 2.56. The van der Waals surface area contributed by atoms with Crippen LogP contribution < -0.4 is 10.6 Å². The van der Waals surface area contributed by atoms with Crippen LogP contribution in [0.15, 0.2) is 0 Å². The number of nitrogens with zero attached hydrogens (tertiary/aromatic N) is 1. The zero-order valence-corrected chi connectivity index (χ0v) is 12.1. The molecule has 5 heteroatoms. The van der Waals surface area contributed by atoms with Crippen LogP contribution in [0.1, 0.15) is 33.1 Å². The average Bonchev–Trinajstić information content (AvgIpc) is 2.82. The summed E-state index contributed by atoms with van der Waals surface area (Å²) in [6, 6.07) is 0. The third kappa shape index (κ3) is 3.68. The van der Waals surface area contributed by atoms with E-state index in [1.807, 2.05) is 13.8 Å². The second-order valence-corrected chi connectivity index (χ2v) is 6.34. The monoisotopic (exact) mass is 269 g/mol. The van der Waals surface area contributed by atoms with Crippen molar-refractivity contribution in [3.63, 3.8) is 0 Å². The van der Waals surface area contributed by atoms with Gasteiger partial charge in [0.15, 0.2) is 0 Å². The van der Waals surface area contributed by atoms with E-state index in [9.17, 15) is 9.90 Å². The molecule has 1 aliphatic heterocycles. The third-order valence-corrected chi connectivity index (χ3v) is 4.53. The largest absolute Gasteiger partial charge is 0.393 e. The van der Waals surface area contributed by atoms with Crippen LogP contribution in [0.2, 0.25) is 0 Å². The summed E-state index contributed by atoms with van der Waals surface area (Å²) in [6.45, 7) is 8.43. The summed E-state index contributed by atoms with van der Waals surface area (Å²) >= 11 is 0. The summed E-state index contributed by atoms with van der Waals surface area (Å²) in [5.74, 6) is 0.550. The smallest absolute Gasteiger partial charge is 0.239 e. The first-order valence-corrected chi connectivity index (χ1v) is 7.42. The first-order chi connectivity index (χ1) is 9.00. The van der Waals surface area contributed by atoms with Gasteiger partial charge in [0.1, 0.15) is 0 Å². The molecule has 0 aromatic rings. The molecule has 0 aromatic carbocycles. The van der Waals surface area contributed by atoms with E-state index in [-0.39, 0.29) is 12.0 Å². The van der Waals surface area contributed by atoms with E-state index in [0.29, 0.717) is 12.5 Å². The molecule has 1 saturated heterocycles. The van der Waals surface area contributed by atoms with Crippen LogP contribution in [0, 0.1) is 5.92 Å². The summed E-state index contributed by atoms with van der Waals surface area (Å²) < 4.78 is 0. The van der Waals surface area contributed by atoms with Gasteiger partial charge >= 0.3 is 0 Å². The molecule has 1 aliphatic carbocycles. The van der Waals surface area contributed by atoms with Gasteiger partial charge in [0.05, 0.1) is 11.6 Å². The summed E-state index contributed by atoms with van der Waals surface area (Å²) in [7, 11) is 0. The van der Waals surface area contributed by atoms with Gasteiger partial charge in [-0.05, 0) is 39.0 Å². The molecule has 0 radical (unpaired) electrons. The highest BCUT2D eigenvalue weighted by atomic mass is 16.3. The SMILES string of the molecule is CC(C)(C(=O)NCC1CCC(O)C1)N1CCNCC1. The van der Waals surface area contributed by atoms with E-state index >= 15 is 0 Å². The number of rotatable bonds is 4. The van der Waals surface area contributed by atoms with Crippen LogP contribution in [0.25, 0.3) is 0 Å². The maximum atomic E-state index is 12.4. The molecule has 1 amide bonds. The molecule has 1 heterocycles. The highest BCUT2D eigenvalue weighted by Gasteiger charge is 2.35. The second-order valence-electron chi connectivity index (χ2n) is 6.34. The van der Waals surface area contributed by atoms with Crippen LogP contribution in [-0.4, -0.2) is 60.3 Å². The standard InChI is InChI=1S/C14H27N3O2/c1-14(2,17-7-5-15-6-8-17)13(19)16-10-11-3-4-12(18)9-11/h11-12,15,18H,3-10H2,1-2H3,(H,16,19). The first-order valence-electron chi connectivity index (χ1n) is 7.42. The zero-order chi connectivity index (χ0) is 13.9. The Morgan fingerprint density at radius 2 is 2.05 bits per heavy atom. The Morgan fingerprint density at radius 1 is 1.37 bits per heavy atom. The quantitative estimate of drug-likeness (QED) is 0.669. The number of amides is 1. The molecule has 3 N–H and O–H groups in total. The minimum atomic E-state index is -0.445. The van der Waals surface area contributed by atoms with Gasteiger partial charge in [-0.25, -0.2) is 0 Å². The van der Waals surface area contributed by atoms with Crippen LogP contribution in [0.5, 0.6) is 0 Å². The van der Waals surface area contributed by atoms with Gasteiger partial charge in [0, 0.05) is 32.7 Å². The number of piperazine rings is 1. The molecule has 0 spiro atoms. The van der Waals surface area contributed by atoms with E-state index < -0.39 is 5.54 Å². The van der Waals surface area contributed by atoms with Gasteiger partial charge in [0.25, 0.3) is 0 Å². The number of aliphatic hydroxyl groups is 1. The van der Waals surface area contributed by atoms with Crippen molar-refractivity contribution < 1.29 is 9.90 Å². The third-order valence-electron chi connectivity index (χ3n) is 4.53. The van der Waals surface area contributed by atoms with Gasteiger partial charge < -0.3 is 15.7 Å². The first kappa shape index (κ1) is 14.8. The Bertz CT molecular complexity index is 314. The van der Waals surface area contributed by atoms with Crippen LogP contribution in [0.4, 0.5) is 0 Å². The molecule has 0 aromatic heterocycles. The van der Waals surface area contributed by atoms with Crippen LogP contribution in [0.3, 0.4) is 0 Å². The maximum Gasteiger partial charge on any atom is 0.239 e. The normalized spacial score (nSPS) is 29.4. The molecule has 0 bridgehead atoms. The lowest BCUT2D eigenvalue weighted by Crippen LogP contribution is -2.60. The Labute approximate surface area is 115 Å². The topological polar surface area (TPSA) is 64.6 Å². The van der Waals surface area contributed by atoms with Crippen LogP contribution >= 0.6 is 0 Å². The van der Waals surface area contributed by atoms with Crippen molar-refractivity contribution in [2.75, 3.05) is 32.7 Å². The Hall–Kier alpha value is -0.650. The number of carbonyl (C=O) groups is 1. The predicted molar refractivity (Wildman–Crippen MR) is 74.9 cm³/mol. The van der Waals surface area contributed by atoms with Gasteiger partial charge in [-0.1, -0.05) is 0 Å². The molecule has 5 nitrogen and oxygen atoms in total. The van der Waals surface area contributed by atoms with Crippen molar-refractivity contribution in [2.24, 2.45) is 5.92 Å². The van der Waals surface area contributed by atoms with Crippen molar-refractivity contribution in [3.05, 3.63) is 0 Å². The molecule has 110 valence electrons. The average molecular weight is 269 g/mol. The Balaban J connectivity index is 1.80. The van der Waals surface area contributed by atoms with E-state index in [1.165, 1.54) is 0 Å². The van der Waals surface area contributed by atoms with Crippen molar-refractivity contribution in [1.82, 2.24) is 15.5 Å². The van der Waals surface area contributed by atoms with E-state index in [4.69, 9.17) is 0 Å². The minimum Gasteiger partial charge on any atom is -0.393 e. The van der Waals surface area contributed by atoms with E-state index in [0.717, 1.165) is 45.4 Å². The second kappa shape index (κ2) is 6.20. The fourth-order valence-corrected chi connectivity index (χ4v) is 3.05. The fraction of sp³-hybridized carbons (Fsp3) is 0.929. The highest BCUT2D eigenvalue weighted by Crippen LogP contribution is 2.25. The predicted octanol–water partition coefficient (Wildman–Crippen LogP) is -0.0526. The van der Waals surface area contributed by atoms with E-state index in [1.54, 1.807) is 0 Å². The molecule has 1 saturated carbocycles. The lowest BCUT2D eigenvalue weighted by molar-refractivity contribution is -0.132. The summed E-state index contributed by atoms with van der Waals surface area (Å²) in [5.41, 5.74) is -0.445. The van der Waals surface area contributed by atoms with Crippen molar-refractivity contribution in [2.45, 2.75) is 44.8 Å². The van der Waals surface area contributed by atoms with Crippen molar-refractivity contribution in [3.8, 4) is 0 Å². The van der Waals surface area contributed by atoms with Gasteiger partial charge in [-0.3, -0.25) is 9.69 Å². The number of carbonyl (C=O) groups excluding carboxylic acids is 1. The van der Waals surface area contributed by atoms with Gasteiger partial charge in [-0.15, -0.1) is 0 Å². The molecular weight excluding hydrogens is 242 g/mol. The highest BCUT2D eigenvalue weighted by molar-refractivity contribution is 5.85. The molecule has 19 heavy (non-hydrogen) atoms. The zero-order valence-electron chi connectivity index (χ0n) is 12.1. The lowest BCUT2D eigenvalue weighted by atomic mass is 9.99. The summed E-state index contributed by atoms with van der Waals surface area (Å²) in [5, 5.41) is 15.9. The van der Waals surface area contributed by atoms with E-state index in [2.05, 4.69) is 15.5 Å². The van der Waals surface area contributed by atoms with Crippen molar-refractivity contribution in [1.29, 1.82) is 0 Å². The molecule has 2 atom stereocenters. The lowest BCUT2D eigenvalue weighted by Gasteiger charge is -2.40. The Kier molecular flexibility index (Phi) is 4.81.